The number of carbonyl (C=O) groups excluding carboxylic acids is 1. The predicted octanol–water partition coefficient (Wildman–Crippen LogP) is 2.49. The number of rotatable bonds is 2. The van der Waals surface area contributed by atoms with Gasteiger partial charge in [-0.1, -0.05) is 33.8 Å². The van der Waals surface area contributed by atoms with Crippen molar-refractivity contribution in [1.82, 2.24) is 5.32 Å². The molecule has 1 aliphatic heterocycles. The Hall–Kier alpha value is -1.55. The molecule has 3 rings (SSSR count). The van der Waals surface area contributed by atoms with Crippen LogP contribution in [0.5, 0.6) is 5.75 Å². The van der Waals surface area contributed by atoms with Gasteiger partial charge in [-0.3, -0.25) is 4.79 Å². The summed E-state index contributed by atoms with van der Waals surface area (Å²) in [6, 6.07) is 5.70. The van der Waals surface area contributed by atoms with E-state index in [0.717, 1.165) is 5.56 Å². The Morgan fingerprint density at radius 1 is 1.29 bits per heavy atom. The van der Waals surface area contributed by atoms with Gasteiger partial charge in [-0.15, -0.1) is 0 Å². The largest absolute Gasteiger partial charge is 0.491 e. The SMILES string of the molecule is CC1(C)C(C(N)c2ccc3c(c2)C(=O)NCCO3)C1(C)C. The van der Waals surface area contributed by atoms with Gasteiger partial charge in [0.25, 0.3) is 5.91 Å². The van der Waals surface area contributed by atoms with Crippen LogP contribution in [-0.2, 0) is 0 Å². The highest BCUT2D eigenvalue weighted by molar-refractivity contribution is 5.97. The Morgan fingerprint density at radius 2 is 1.95 bits per heavy atom. The van der Waals surface area contributed by atoms with E-state index >= 15 is 0 Å². The van der Waals surface area contributed by atoms with Gasteiger partial charge >= 0.3 is 0 Å². The van der Waals surface area contributed by atoms with Crippen LogP contribution in [0.15, 0.2) is 18.2 Å². The number of amides is 1. The van der Waals surface area contributed by atoms with Crippen molar-refractivity contribution in [2.24, 2.45) is 22.5 Å². The molecular formula is C17H24N2O2. The second-order valence-corrected chi connectivity index (χ2v) is 7.31. The van der Waals surface area contributed by atoms with Crippen LogP contribution in [0, 0.1) is 16.7 Å². The maximum absolute atomic E-state index is 12.1. The molecule has 1 saturated carbocycles. The summed E-state index contributed by atoms with van der Waals surface area (Å²) in [5.74, 6) is 0.985. The van der Waals surface area contributed by atoms with Crippen molar-refractivity contribution in [3.63, 3.8) is 0 Å². The van der Waals surface area contributed by atoms with Crippen LogP contribution in [0.4, 0.5) is 0 Å². The summed E-state index contributed by atoms with van der Waals surface area (Å²) < 4.78 is 5.59. The molecule has 0 aromatic heterocycles. The van der Waals surface area contributed by atoms with Gasteiger partial charge in [-0.05, 0) is 34.4 Å². The Labute approximate surface area is 126 Å². The van der Waals surface area contributed by atoms with Gasteiger partial charge in [-0.2, -0.15) is 0 Å². The number of benzene rings is 1. The van der Waals surface area contributed by atoms with Crippen molar-refractivity contribution in [2.45, 2.75) is 33.7 Å². The number of nitrogens with two attached hydrogens (primary N) is 1. The number of nitrogens with one attached hydrogen (secondary N) is 1. The highest BCUT2D eigenvalue weighted by Crippen LogP contribution is 2.71. The lowest BCUT2D eigenvalue weighted by molar-refractivity contribution is 0.0957. The normalized spacial score (nSPS) is 24.3. The molecule has 1 amide bonds. The van der Waals surface area contributed by atoms with Gasteiger partial charge in [0.05, 0.1) is 12.1 Å². The summed E-state index contributed by atoms with van der Waals surface area (Å²) in [5.41, 5.74) is 8.54. The molecule has 1 aromatic carbocycles. The number of fused-ring (bicyclic) bond motifs is 1. The van der Waals surface area contributed by atoms with Gasteiger partial charge < -0.3 is 15.8 Å². The van der Waals surface area contributed by atoms with Crippen LogP contribution in [0.3, 0.4) is 0 Å². The lowest BCUT2D eigenvalue weighted by Crippen LogP contribution is -2.24. The molecule has 0 bridgehead atoms. The van der Waals surface area contributed by atoms with Gasteiger partial charge in [0, 0.05) is 6.04 Å². The van der Waals surface area contributed by atoms with Gasteiger partial charge in [-0.25, -0.2) is 0 Å². The van der Waals surface area contributed by atoms with E-state index in [-0.39, 0.29) is 22.8 Å². The van der Waals surface area contributed by atoms with E-state index in [4.69, 9.17) is 10.5 Å². The monoisotopic (exact) mass is 288 g/mol. The smallest absolute Gasteiger partial charge is 0.255 e. The van der Waals surface area contributed by atoms with Crippen LogP contribution >= 0.6 is 0 Å². The Bertz CT molecular complexity index is 578. The molecule has 2 aliphatic rings. The maximum atomic E-state index is 12.1. The quantitative estimate of drug-likeness (QED) is 0.878. The molecule has 0 saturated heterocycles. The Morgan fingerprint density at radius 3 is 2.57 bits per heavy atom. The van der Waals surface area contributed by atoms with Crippen molar-refractivity contribution in [3.8, 4) is 5.75 Å². The second kappa shape index (κ2) is 4.47. The van der Waals surface area contributed by atoms with E-state index in [1.54, 1.807) is 0 Å². The number of hydrogen-bond donors (Lipinski definition) is 2. The van der Waals surface area contributed by atoms with Crippen molar-refractivity contribution in [2.75, 3.05) is 13.2 Å². The molecular weight excluding hydrogens is 264 g/mol. The Balaban J connectivity index is 1.93. The van der Waals surface area contributed by atoms with Crippen LogP contribution in [0.2, 0.25) is 0 Å². The second-order valence-electron chi connectivity index (χ2n) is 7.31. The predicted molar refractivity (Wildman–Crippen MR) is 82.3 cm³/mol. The van der Waals surface area contributed by atoms with E-state index in [2.05, 4.69) is 33.0 Å². The highest BCUT2D eigenvalue weighted by atomic mass is 16.5. The minimum Gasteiger partial charge on any atom is -0.491 e. The maximum Gasteiger partial charge on any atom is 0.255 e. The third-order valence-corrected chi connectivity index (χ3v) is 5.77. The molecule has 21 heavy (non-hydrogen) atoms. The first-order valence-corrected chi connectivity index (χ1v) is 7.57. The summed E-state index contributed by atoms with van der Waals surface area (Å²) in [6.45, 7) is 10.1. The number of hydrogen-bond acceptors (Lipinski definition) is 3. The number of carbonyl (C=O) groups is 1. The minimum atomic E-state index is -0.0779. The van der Waals surface area contributed by atoms with Crippen molar-refractivity contribution < 1.29 is 9.53 Å². The zero-order chi connectivity index (χ0) is 15.4. The van der Waals surface area contributed by atoms with E-state index in [1.165, 1.54) is 0 Å². The zero-order valence-corrected chi connectivity index (χ0v) is 13.2. The van der Waals surface area contributed by atoms with Gasteiger partial charge in [0.1, 0.15) is 12.4 Å². The van der Waals surface area contributed by atoms with Crippen molar-refractivity contribution in [1.29, 1.82) is 0 Å². The molecule has 1 heterocycles. The fourth-order valence-electron chi connectivity index (χ4n) is 3.82. The average Bonchev–Trinajstić information content (AvgIpc) is 2.91. The summed E-state index contributed by atoms with van der Waals surface area (Å²) in [6.07, 6.45) is 0. The van der Waals surface area contributed by atoms with Crippen molar-refractivity contribution in [3.05, 3.63) is 29.3 Å². The lowest BCUT2D eigenvalue weighted by atomic mass is 9.95. The molecule has 4 heteroatoms. The van der Waals surface area contributed by atoms with E-state index in [0.29, 0.717) is 30.4 Å². The highest BCUT2D eigenvalue weighted by Gasteiger charge is 2.66. The first-order valence-electron chi connectivity index (χ1n) is 7.57. The molecule has 114 valence electrons. The third kappa shape index (κ3) is 2.04. The Kier molecular flexibility index (Phi) is 3.06. The third-order valence-electron chi connectivity index (χ3n) is 5.77. The molecule has 1 aliphatic carbocycles. The molecule has 1 atom stereocenters. The number of ether oxygens (including phenoxy) is 1. The van der Waals surface area contributed by atoms with Gasteiger partial charge in [0.15, 0.2) is 0 Å². The standard InChI is InChI=1S/C17H24N2O2/c1-16(2)14(17(16,3)4)13(18)10-5-6-12-11(9-10)15(20)19-7-8-21-12/h5-6,9,13-14H,7-8,18H2,1-4H3,(H,19,20). The van der Waals surface area contributed by atoms with E-state index in [1.807, 2.05) is 18.2 Å². The van der Waals surface area contributed by atoms with Crippen molar-refractivity contribution >= 4 is 5.91 Å². The average molecular weight is 288 g/mol. The first kappa shape index (κ1) is 14.4. The molecule has 1 unspecified atom stereocenters. The fourth-order valence-corrected chi connectivity index (χ4v) is 3.82. The minimum absolute atomic E-state index is 0.0589. The van der Waals surface area contributed by atoms with Gasteiger partial charge in [0.2, 0.25) is 0 Å². The summed E-state index contributed by atoms with van der Waals surface area (Å²) >= 11 is 0. The van der Waals surface area contributed by atoms with Crippen LogP contribution < -0.4 is 15.8 Å². The molecule has 1 fully saturated rings. The molecule has 0 radical (unpaired) electrons. The summed E-state index contributed by atoms with van der Waals surface area (Å²) in [5, 5.41) is 2.84. The van der Waals surface area contributed by atoms with Crippen LogP contribution in [-0.4, -0.2) is 19.1 Å². The van der Waals surface area contributed by atoms with E-state index in [9.17, 15) is 4.79 Å². The van der Waals surface area contributed by atoms with Crippen LogP contribution in [0.25, 0.3) is 0 Å². The lowest BCUT2D eigenvalue weighted by Gasteiger charge is -2.16. The first-order chi connectivity index (χ1) is 9.76. The van der Waals surface area contributed by atoms with E-state index < -0.39 is 0 Å². The summed E-state index contributed by atoms with van der Waals surface area (Å²) in [4.78, 5) is 12.1. The topological polar surface area (TPSA) is 64.4 Å². The molecule has 3 N–H and O–H groups in total. The zero-order valence-electron chi connectivity index (χ0n) is 13.2. The molecule has 4 nitrogen and oxygen atoms in total. The van der Waals surface area contributed by atoms with Crippen LogP contribution in [0.1, 0.15) is 49.7 Å². The molecule has 0 spiro atoms. The fraction of sp³-hybridized carbons (Fsp3) is 0.588. The molecule has 1 aromatic rings. The summed E-state index contributed by atoms with van der Waals surface area (Å²) in [7, 11) is 0.